The SMILES string of the molecule is O=C(O)CCn1c(-c2cccnc2)nc2ccccc21. The summed E-state index contributed by atoms with van der Waals surface area (Å²) in [6.45, 7) is 0.389. The molecule has 0 radical (unpaired) electrons. The third-order valence-electron chi connectivity index (χ3n) is 3.12. The van der Waals surface area contributed by atoms with Crippen LogP contribution in [0.5, 0.6) is 0 Å². The molecular weight excluding hydrogens is 254 g/mol. The number of carboxylic acid groups (broad SMARTS) is 1. The first-order valence-corrected chi connectivity index (χ1v) is 6.33. The molecule has 0 saturated heterocycles. The molecule has 100 valence electrons. The number of aromatic nitrogens is 3. The molecule has 3 aromatic rings. The van der Waals surface area contributed by atoms with Crippen LogP contribution in [0.15, 0.2) is 48.8 Å². The van der Waals surface area contributed by atoms with E-state index in [1.807, 2.05) is 41.0 Å². The summed E-state index contributed by atoms with van der Waals surface area (Å²) >= 11 is 0. The minimum Gasteiger partial charge on any atom is -0.481 e. The minimum absolute atomic E-state index is 0.0631. The van der Waals surface area contributed by atoms with Crippen molar-refractivity contribution in [1.29, 1.82) is 0 Å². The van der Waals surface area contributed by atoms with E-state index in [2.05, 4.69) is 9.97 Å². The molecule has 5 nitrogen and oxygen atoms in total. The quantitative estimate of drug-likeness (QED) is 0.788. The number of hydrogen-bond donors (Lipinski definition) is 1. The van der Waals surface area contributed by atoms with Gasteiger partial charge in [-0.1, -0.05) is 12.1 Å². The van der Waals surface area contributed by atoms with Crippen molar-refractivity contribution in [1.82, 2.24) is 14.5 Å². The zero-order chi connectivity index (χ0) is 13.9. The Labute approximate surface area is 115 Å². The van der Waals surface area contributed by atoms with Gasteiger partial charge in [0.25, 0.3) is 0 Å². The summed E-state index contributed by atoms with van der Waals surface area (Å²) in [4.78, 5) is 19.5. The second-order valence-electron chi connectivity index (χ2n) is 4.46. The van der Waals surface area contributed by atoms with Crippen molar-refractivity contribution in [2.24, 2.45) is 0 Å². The van der Waals surface area contributed by atoms with E-state index in [1.165, 1.54) is 0 Å². The molecule has 0 amide bonds. The zero-order valence-electron chi connectivity index (χ0n) is 10.7. The second kappa shape index (κ2) is 5.13. The van der Waals surface area contributed by atoms with Gasteiger partial charge >= 0.3 is 5.97 Å². The minimum atomic E-state index is -0.820. The van der Waals surface area contributed by atoms with E-state index in [0.29, 0.717) is 6.54 Å². The first kappa shape index (κ1) is 12.3. The molecule has 3 rings (SSSR count). The Morgan fingerprint density at radius 2 is 2.05 bits per heavy atom. The number of fused-ring (bicyclic) bond motifs is 1. The van der Waals surface area contributed by atoms with Crippen LogP contribution in [0.1, 0.15) is 6.42 Å². The number of para-hydroxylation sites is 2. The lowest BCUT2D eigenvalue weighted by atomic mass is 10.2. The van der Waals surface area contributed by atoms with E-state index >= 15 is 0 Å². The van der Waals surface area contributed by atoms with E-state index in [1.54, 1.807) is 12.4 Å². The average molecular weight is 267 g/mol. The van der Waals surface area contributed by atoms with Crippen LogP contribution < -0.4 is 0 Å². The van der Waals surface area contributed by atoms with E-state index in [4.69, 9.17) is 5.11 Å². The third-order valence-corrected chi connectivity index (χ3v) is 3.12. The standard InChI is InChI=1S/C15H13N3O2/c19-14(20)7-9-18-13-6-2-1-5-12(13)17-15(18)11-4-3-8-16-10-11/h1-6,8,10H,7,9H2,(H,19,20). The van der Waals surface area contributed by atoms with Crippen LogP contribution in [-0.2, 0) is 11.3 Å². The molecule has 0 atom stereocenters. The molecule has 20 heavy (non-hydrogen) atoms. The van der Waals surface area contributed by atoms with E-state index < -0.39 is 5.97 Å². The Bertz CT molecular complexity index is 750. The molecule has 0 spiro atoms. The van der Waals surface area contributed by atoms with Gasteiger partial charge < -0.3 is 9.67 Å². The lowest BCUT2D eigenvalue weighted by Crippen LogP contribution is -2.06. The summed E-state index contributed by atoms with van der Waals surface area (Å²) in [7, 11) is 0. The van der Waals surface area contributed by atoms with Gasteiger partial charge in [0.15, 0.2) is 0 Å². The smallest absolute Gasteiger partial charge is 0.305 e. The maximum absolute atomic E-state index is 10.8. The molecule has 0 aliphatic carbocycles. The molecule has 0 aliphatic heterocycles. The number of hydrogen-bond acceptors (Lipinski definition) is 3. The summed E-state index contributed by atoms with van der Waals surface area (Å²) in [5.74, 6) is -0.0690. The van der Waals surface area contributed by atoms with Gasteiger partial charge in [0, 0.05) is 24.5 Å². The number of nitrogens with zero attached hydrogens (tertiary/aromatic N) is 3. The molecule has 0 bridgehead atoms. The van der Waals surface area contributed by atoms with Gasteiger partial charge in [-0.2, -0.15) is 0 Å². The van der Waals surface area contributed by atoms with Crippen molar-refractivity contribution in [3.05, 3.63) is 48.8 Å². The molecule has 0 unspecified atom stereocenters. The monoisotopic (exact) mass is 267 g/mol. The molecule has 5 heteroatoms. The van der Waals surface area contributed by atoms with Gasteiger partial charge in [-0.05, 0) is 24.3 Å². The van der Waals surface area contributed by atoms with Crippen molar-refractivity contribution < 1.29 is 9.90 Å². The van der Waals surface area contributed by atoms with Gasteiger partial charge in [0.2, 0.25) is 0 Å². The highest BCUT2D eigenvalue weighted by molar-refractivity contribution is 5.80. The number of pyridine rings is 1. The van der Waals surface area contributed by atoms with Crippen molar-refractivity contribution in [2.75, 3.05) is 0 Å². The molecular formula is C15H13N3O2. The van der Waals surface area contributed by atoms with Crippen LogP contribution in [0.3, 0.4) is 0 Å². The van der Waals surface area contributed by atoms with Gasteiger partial charge in [-0.25, -0.2) is 4.98 Å². The van der Waals surface area contributed by atoms with E-state index in [-0.39, 0.29) is 6.42 Å². The Hall–Kier alpha value is -2.69. The lowest BCUT2D eigenvalue weighted by molar-refractivity contribution is -0.137. The number of imidazole rings is 1. The normalized spacial score (nSPS) is 10.8. The lowest BCUT2D eigenvalue weighted by Gasteiger charge is -2.07. The van der Waals surface area contributed by atoms with Crippen LogP contribution in [0.4, 0.5) is 0 Å². The van der Waals surface area contributed by atoms with E-state index in [9.17, 15) is 4.79 Å². The first-order chi connectivity index (χ1) is 9.75. The van der Waals surface area contributed by atoms with Gasteiger partial charge in [0.05, 0.1) is 17.5 Å². The van der Waals surface area contributed by atoms with Crippen LogP contribution in [-0.4, -0.2) is 25.6 Å². The Morgan fingerprint density at radius 3 is 2.80 bits per heavy atom. The fourth-order valence-corrected chi connectivity index (χ4v) is 2.22. The molecule has 1 N–H and O–H groups in total. The topological polar surface area (TPSA) is 68.0 Å². The van der Waals surface area contributed by atoms with Crippen LogP contribution in [0, 0.1) is 0 Å². The molecule has 0 fully saturated rings. The highest BCUT2D eigenvalue weighted by Gasteiger charge is 2.13. The van der Waals surface area contributed by atoms with Gasteiger partial charge in [-0.3, -0.25) is 9.78 Å². The largest absolute Gasteiger partial charge is 0.481 e. The molecule has 2 heterocycles. The predicted molar refractivity (Wildman–Crippen MR) is 75.2 cm³/mol. The summed E-state index contributed by atoms with van der Waals surface area (Å²) < 4.78 is 1.93. The van der Waals surface area contributed by atoms with E-state index in [0.717, 1.165) is 22.4 Å². The number of aryl methyl sites for hydroxylation is 1. The maximum atomic E-state index is 10.8. The van der Waals surface area contributed by atoms with Crippen molar-refractivity contribution in [2.45, 2.75) is 13.0 Å². The van der Waals surface area contributed by atoms with Crippen LogP contribution in [0.2, 0.25) is 0 Å². The Balaban J connectivity index is 2.15. The summed E-state index contributed by atoms with van der Waals surface area (Å²) in [6.07, 6.45) is 3.50. The van der Waals surface area contributed by atoms with Gasteiger partial charge in [0.1, 0.15) is 5.82 Å². The fourth-order valence-electron chi connectivity index (χ4n) is 2.22. The molecule has 0 saturated carbocycles. The first-order valence-electron chi connectivity index (χ1n) is 6.33. The van der Waals surface area contributed by atoms with Crippen LogP contribution >= 0.6 is 0 Å². The van der Waals surface area contributed by atoms with Crippen molar-refractivity contribution in [3.8, 4) is 11.4 Å². The highest BCUT2D eigenvalue weighted by atomic mass is 16.4. The summed E-state index contributed by atoms with van der Waals surface area (Å²) in [6, 6.07) is 11.5. The number of carboxylic acids is 1. The number of rotatable bonds is 4. The number of benzene rings is 1. The van der Waals surface area contributed by atoms with Crippen molar-refractivity contribution >= 4 is 17.0 Å². The Morgan fingerprint density at radius 1 is 1.20 bits per heavy atom. The molecule has 2 aromatic heterocycles. The predicted octanol–water partition coefficient (Wildman–Crippen LogP) is 2.57. The Kier molecular flexibility index (Phi) is 3.16. The van der Waals surface area contributed by atoms with Gasteiger partial charge in [-0.15, -0.1) is 0 Å². The number of aliphatic carboxylic acids is 1. The third kappa shape index (κ3) is 2.25. The van der Waals surface area contributed by atoms with Crippen LogP contribution in [0.25, 0.3) is 22.4 Å². The summed E-state index contributed by atoms with van der Waals surface area (Å²) in [5.41, 5.74) is 2.68. The average Bonchev–Trinajstić information content (AvgIpc) is 2.84. The highest BCUT2D eigenvalue weighted by Crippen LogP contribution is 2.24. The molecule has 0 aliphatic rings. The molecule has 1 aromatic carbocycles. The second-order valence-corrected chi connectivity index (χ2v) is 4.46. The maximum Gasteiger partial charge on any atom is 0.305 e. The fraction of sp³-hybridized carbons (Fsp3) is 0.133. The van der Waals surface area contributed by atoms with Crippen molar-refractivity contribution in [3.63, 3.8) is 0 Å². The summed E-state index contributed by atoms with van der Waals surface area (Å²) in [5, 5.41) is 8.90. The zero-order valence-corrected chi connectivity index (χ0v) is 10.7. The number of carbonyl (C=O) groups is 1.